The molecule has 0 fully saturated rings. The lowest BCUT2D eigenvalue weighted by atomic mass is 10.2. The molecule has 0 bridgehead atoms. The normalized spacial score (nSPS) is 12.0. The predicted octanol–water partition coefficient (Wildman–Crippen LogP) is 3.25. The van der Waals surface area contributed by atoms with Crippen molar-refractivity contribution in [3.8, 4) is 16.4 Å². The molecule has 0 saturated heterocycles. The molecule has 10 heteroatoms. The number of pyridine rings is 1. The lowest BCUT2D eigenvalue weighted by molar-refractivity contribution is -0.144. The average Bonchev–Trinajstić information content (AvgIpc) is 3.25. The molecule has 0 aromatic carbocycles. The van der Waals surface area contributed by atoms with Gasteiger partial charge in [0.05, 0.1) is 23.1 Å². The summed E-state index contributed by atoms with van der Waals surface area (Å²) in [6.07, 6.45) is -0.595. The fourth-order valence-corrected chi connectivity index (χ4v) is 3.12. The quantitative estimate of drug-likeness (QED) is 0.593. The van der Waals surface area contributed by atoms with Gasteiger partial charge in [0.2, 0.25) is 5.82 Å². The molecule has 25 heavy (non-hydrogen) atoms. The minimum atomic E-state index is -4.68. The molecule has 0 spiro atoms. The number of aromatic nitrogens is 5. The number of nitrogens with zero attached hydrogens (tertiary/aromatic N) is 4. The molecule has 0 aliphatic rings. The molecule has 0 aliphatic carbocycles. The Morgan fingerprint density at radius 3 is 2.80 bits per heavy atom. The smallest absolute Gasteiger partial charge is 0.357 e. The number of nitrogens with one attached hydrogen (secondary N) is 1. The third-order valence-corrected chi connectivity index (χ3v) is 4.30. The highest BCUT2D eigenvalue weighted by Gasteiger charge is 2.35. The maximum absolute atomic E-state index is 12.9. The first-order valence-electron chi connectivity index (χ1n) is 6.98. The highest BCUT2D eigenvalue weighted by molar-refractivity contribution is 7.12. The summed E-state index contributed by atoms with van der Waals surface area (Å²) in [6.45, 7) is 0. The largest absolute Gasteiger partial charge is 0.451 e. The number of halogens is 3. The first kappa shape index (κ1) is 15.5. The van der Waals surface area contributed by atoms with Crippen molar-refractivity contribution in [3.05, 3.63) is 58.5 Å². The van der Waals surface area contributed by atoms with Crippen molar-refractivity contribution in [1.29, 1.82) is 0 Å². The zero-order valence-electron chi connectivity index (χ0n) is 12.3. The van der Waals surface area contributed by atoms with E-state index < -0.39 is 17.6 Å². The maximum atomic E-state index is 12.9. The maximum Gasteiger partial charge on any atom is 0.451 e. The zero-order valence-corrected chi connectivity index (χ0v) is 13.1. The second-order valence-electron chi connectivity index (χ2n) is 5.08. The Hall–Kier alpha value is -3.01. The van der Waals surface area contributed by atoms with E-state index in [2.05, 4.69) is 19.9 Å². The van der Waals surface area contributed by atoms with Crippen LogP contribution < -0.4 is 5.56 Å². The Morgan fingerprint density at radius 2 is 2.08 bits per heavy atom. The minimum absolute atomic E-state index is 0.00377. The Labute approximate surface area is 141 Å². The number of aromatic amines is 1. The van der Waals surface area contributed by atoms with E-state index in [9.17, 15) is 18.0 Å². The van der Waals surface area contributed by atoms with E-state index >= 15 is 0 Å². The monoisotopic (exact) mass is 363 g/mol. The van der Waals surface area contributed by atoms with E-state index in [1.54, 1.807) is 18.3 Å². The molecule has 0 radical (unpaired) electrons. The SMILES string of the molecule is O=c1c2[nH]ccc2cc(-c2ccnc(C(F)(F)F)n2)n1-c1cncs1. The van der Waals surface area contributed by atoms with Crippen LogP contribution in [0.5, 0.6) is 0 Å². The van der Waals surface area contributed by atoms with Gasteiger partial charge in [0.1, 0.15) is 10.5 Å². The molecule has 6 nitrogen and oxygen atoms in total. The molecule has 0 unspecified atom stereocenters. The summed E-state index contributed by atoms with van der Waals surface area (Å²) in [5, 5.41) is 1.05. The zero-order chi connectivity index (χ0) is 17.6. The Balaban J connectivity index is 2.05. The molecule has 4 rings (SSSR count). The number of hydrogen-bond acceptors (Lipinski definition) is 5. The van der Waals surface area contributed by atoms with Crippen LogP contribution in [-0.4, -0.2) is 24.5 Å². The van der Waals surface area contributed by atoms with Crippen LogP contribution in [-0.2, 0) is 6.18 Å². The molecular weight excluding hydrogens is 355 g/mol. The molecule has 0 aliphatic heterocycles. The van der Waals surface area contributed by atoms with Crippen molar-refractivity contribution >= 4 is 22.2 Å². The second kappa shape index (κ2) is 5.52. The standard InChI is InChI=1S/C15H8F3N5OS/c16-15(17,18)14-21-4-2-9(22-14)10-5-8-1-3-20-12(8)13(24)23(10)11-6-19-7-25-11/h1-7,20H. The first-order valence-corrected chi connectivity index (χ1v) is 7.86. The Morgan fingerprint density at radius 1 is 1.24 bits per heavy atom. The lowest BCUT2D eigenvalue weighted by Crippen LogP contribution is -2.20. The molecule has 0 amide bonds. The van der Waals surface area contributed by atoms with E-state index in [1.807, 2.05) is 0 Å². The number of thiazole rings is 1. The molecule has 4 heterocycles. The van der Waals surface area contributed by atoms with Crippen molar-refractivity contribution in [2.45, 2.75) is 6.18 Å². The van der Waals surface area contributed by atoms with Crippen LogP contribution >= 0.6 is 11.3 Å². The summed E-state index contributed by atoms with van der Waals surface area (Å²) in [6, 6.07) is 4.61. The van der Waals surface area contributed by atoms with E-state index in [0.29, 0.717) is 15.9 Å². The van der Waals surface area contributed by atoms with Crippen molar-refractivity contribution in [1.82, 2.24) is 24.5 Å². The summed E-state index contributed by atoms with van der Waals surface area (Å²) in [5.74, 6) is -1.26. The van der Waals surface area contributed by atoms with E-state index in [4.69, 9.17) is 0 Å². The van der Waals surface area contributed by atoms with E-state index in [-0.39, 0.29) is 11.4 Å². The van der Waals surface area contributed by atoms with Crippen LogP contribution in [0.25, 0.3) is 27.3 Å². The van der Waals surface area contributed by atoms with Crippen LogP contribution in [0.15, 0.2) is 47.1 Å². The van der Waals surface area contributed by atoms with Gasteiger partial charge in [-0.1, -0.05) is 0 Å². The van der Waals surface area contributed by atoms with Gasteiger partial charge < -0.3 is 4.98 Å². The average molecular weight is 363 g/mol. The van der Waals surface area contributed by atoms with Crippen molar-refractivity contribution in [2.24, 2.45) is 0 Å². The van der Waals surface area contributed by atoms with Crippen LogP contribution in [0.3, 0.4) is 0 Å². The summed E-state index contributed by atoms with van der Waals surface area (Å²) < 4.78 is 40.1. The first-order chi connectivity index (χ1) is 11.9. The molecule has 0 saturated carbocycles. The van der Waals surface area contributed by atoms with Gasteiger partial charge in [-0.2, -0.15) is 13.2 Å². The van der Waals surface area contributed by atoms with Gasteiger partial charge in [0.25, 0.3) is 5.56 Å². The highest BCUT2D eigenvalue weighted by Crippen LogP contribution is 2.29. The fourth-order valence-electron chi connectivity index (χ4n) is 2.48. The topological polar surface area (TPSA) is 76.5 Å². The van der Waals surface area contributed by atoms with Crippen LogP contribution in [0.2, 0.25) is 0 Å². The van der Waals surface area contributed by atoms with E-state index in [1.165, 1.54) is 33.7 Å². The fraction of sp³-hybridized carbons (Fsp3) is 0.0667. The van der Waals surface area contributed by atoms with Gasteiger partial charge in [-0.25, -0.2) is 9.97 Å². The molecule has 126 valence electrons. The molecule has 4 aromatic rings. The highest BCUT2D eigenvalue weighted by atomic mass is 32.1. The molecule has 0 atom stereocenters. The van der Waals surface area contributed by atoms with Gasteiger partial charge in [-0.05, 0) is 18.2 Å². The van der Waals surface area contributed by atoms with Crippen LogP contribution in [0.4, 0.5) is 13.2 Å². The van der Waals surface area contributed by atoms with Crippen LogP contribution in [0, 0.1) is 0 Å². The van der Waals surface area contributed by atoms with Gasteiger partial charge in [-0.15, -0.1) is 11.3 Å². The number of hydrogen-bond donors (Lipinski definition) is 1. The number of fused-ring (bicyclic) bond motifs is 1. The van der Waals surface area contributed by atoms with Crippen molar-refractivity contribution < 1.29 is 13.2 Å². The summed E-state index contributed by atoms with van der Waals surface area (Å²) in [5.41, 5.74) is 1.72. The summed E-state index contributed by atoms with van der Waals surface area (Å²) in [7, 11) is 0. The lowest BCUT2D eigenvalue weighted by Gasteiger charge is -2.12. The third-order valence-electron chi connectivity index (χ3n) is 3.54. The number of rotatable bonds is 2. The number of H-pyrrole nitrogens is 1. The van der Waals surface area contributed by atoms with Crippen molar-refractivity contribution in [3.63, 3.8) is 0 Å². The number of alkyl halides is 3. The summed E-state index contributed by atoms with van der Waals surface area (Å²) in [4.78, 5) is 26.4. The molecule has 4 aromatic heterocycles. The predicted molar refractivity (Wildman–Crippen MR) is 85.6 cm³/mol. The Bertz CT molecular complexity index is 1110. The van der Waals surface area contributed by atoms with E-state index in [0.717, 1.165) is 6.20 Å². The summed E-state index contributed by atoms with van der Waals surface area (Å²) >= 11 is 1.19. The van der Waals surface area contributed by atoms with Crippen LogP contribution in [0.1, 0.15) is 5.82 Å². The second-order valence-corrected chi connectivity index (χ2v) is 5.95. The van der Waals surface area contributed by atoms with Gasteiger partial charge in [-0.3, -0.25) is 14.3 Å². The van der Waals surface area contributed by atoms with Gasteiger partial charge >= 0.3 is 6.18 Å². The minimum Gasteiger partial charge on any atom is -0.357 e. The van der Waals surface area contributed by atoms with Crippen molar-refractivity contribution in [2.75, 3.05) is 0 Å². The Kier molecular flexibility index (Phi) is 3.42. The van der Waals surface area contributed by atoms with Gasteiger partial charge in [0.15, 0.2) is 0 Å². The molecule has 1 N–H and O–H groups in total. The van der Waals surface area contributed by atoms with Gasteiger partial charge in [0, 0.05) is 17.8 Å². The molecular formula is C15H8F3N5OS. The third kappa shape index (κ3) is 2.60.